The van der Waals surface area contributed by atoms with Crippen LogP contribution >= 0.6 is 0 Å². The molecule has 37 heavy (non-hydrogen) atoms. The van der Waals surface area contributed by atoms with Crippen LogP contribution in [0.4, 0.5) is 0 Å². The number of hydrogen-bond acceptors (Lipinski definition) is 8. The van der Waals surface area contributed by atoms with Gasteiger partial charge in [-0.25, -0.2) is 14.4 Å². The van der Waals surface area contributed by atoms with Crippen LogP contribution in [0.5, 0.6) is 0 Å². The smallest absolute Gasteiger partial charge is 0.347 e. The van der Waals surface area contributed by atoms with Crippen molar-refractivity contribution in [2.24, 2.45) is 0 Å². The fourth-order valence-electron chi connectivity index (χ4n) is 3.46. The zero-order chi connectivity index (χ0) is 27.0. The van der Waals surface area contributed by atoms with Crippen molar-refractivity contribution in [2.75, 3.05) is 13.2 Å². The molecule has 2 aromatic rings. The number of rotatable bonds is 15. The first-order chi connectivity index (χ1) is 17.8. The molecule has 0 aliphatic heterocycles. The van der Waals surface area contributed by atoms with Crippen LogP contribution in [-0.4, -0.2) is 49.3 Å². The van der Waals surface area contributed by atoms with E-state index in [4.69, 9.17) is 18.9 Å². The van der Waals surface area contributed by atoms with Gasteiger partial charge in [-0.1, -0.05) is 67.2 Å². The molecule has 0 N–H and O–H groups in total. The second-order valence-corrected chi connectivity index (χ2v) is 8.21. The van der Waals surface area contributed by atoms with Crippen LogP contribution in [0.3, 0.4) is 0 Å². The lowest BCUT2D eigenvalue weighted by atomic mass is 10.1. The van der Waals surface area contributed by atoms with Gasteiger partial charge in [0.25, 0.3) is 0 Å². The summed E-state index contributed by atoms with van der Waals surface area (Å²) in [7, 11) is 0. The summed E-state index contributed by atoms with van der Waals surface area (Å²) in [6.45, 7) is 7.18. The van der Waals surface area contributed by atoms with Gasteiger partial charge in [0, 0.05) is 5.57 Å². The quantitative estimate of drug-likeness (QED) is 0.200. The zero-order valence-corrected chi connectivity index (χ0v) is 21.4. The first-order valence-electron chi connectivity index (χ1n) is 12.3. The Morgan fingerprint density at radius 2 is 1.14 bits per heavy atom. The highest BCUT2D eigenvalue weighted by Crippen LogP contribution is 2.15. The molecule has 8 heteroatoms. The van der Waals surface area contributed by atoms with Crippen molar-refractivity contribution in [3.63, 3.8) is 0 Å². The number of hydrogen-bond donors (Lipinski definition) is 0. The van der Waals surface area contributed by atoms with Gasteiger partial charge in [-0.2, -0.15) is 0 Å². The van der Waals surface area contributed by atoms with Gasteiger partial charge in [-0.15, -0.1) is 0 Å². The molecular weight excluding hydrogens is 476 g/mol. The third-order valence-electron chi connectivity index (χ3n) is 5.34. The highest BCUT2D eigenvalue weighted by atomic mass is 16.6. The van der Waals surface area contributed by atoms with Crippen molar-refractivity contribution in [3.8, 4) is 0 Å². The number of aryl methyl sites for hydroxylation is 2. The van der Waals surface area contributed by atoms with E-state index in [1.165, 1.54) is 0 Å². The molecule has 2 aromatic carbocycles. The summed E-state index contributed by atoms with van der Waals surface area (Å²) in [4.78, 5) is 49.8. The Bertz CT molecular complexity index is 1030. The van der Waals surface area contributed by atoms with Gasteiger partial charge in [0.15, 0.2) is 12.2 Å². The second-order valence-electron chi connectivity index (χ2n) is 8.21. The van der Waals surface area contributed by atoms with Crippen LogP contribution in [-0.2, 0) is 51.0 Å². The Hall–Kier alpha value is -3.94. The Kier molecular flexibility index (Phi) is 12.6. The summed E-state index contributed by atoms with van der Waals surface area (Å²) in [5, 5.41) is 0. The molecule has 0 saturated heterocycles. The predicted molar refractivity (Wildman–Crippen MR) is 136 cm³/mol. The number of benzene rings is 2. The molecule has 2 unspecified atom stereocenters. The van der Waals surface area contributed by atoms with Gasteiger partial charge in [-0.3, -0.25) is 4.79 Å². The summed E-state index contributed by atoms with van der Waals surface area (Å²) in [5.74, 6) is -3.08. The second kappa shape index (κ2) is 15.9. The molecular formula is C29H34O8. The number of carbonyl (C=O) groups excluding carboxylic acids is 4. The largest absolute Gasteiger partial charge is 0.463 e. The molecule has 8 nitrogen and oxygen atoms in total. The van der Waals surface area contributed by atoms with Gasteiger partial charge in [0.2, 0.25) is 0 Å². The van der Waals surface area contributed by atoms with Crippen LogP contribution in [0, 0.1) is 0 Å². The van der Waals surface area contributed by atoms with Crippen molar-refractivity contribution in [3.05, 3.63) is 83.9 Å². The van der Waals surface area contributed by atoms with Crippen LogP contribution in [0.2, 0.25) is 0 Å². The Morgan fingerprint density at radius 1 is 0.703 bits per heavy atom. The molecule has 0 aliphatic carbocycles. The van der Waals surface area contributed by atoms with Crippen molar-refractivity contribution < 1.29 is 38.1 Å². The van der Waals surface area contributed by atoms with Crippen LogP contribution < -0.4 is 0 Å². The molecule has 0 aromatic heterocycles. The van der Waals surface area contributed by atoms with E-state index in [0.717, 1.165) is 11.1 Å². The monoisotopic (exact) mass is 510 g/mol. The SMILES string of the molecule is C=C(CC(=O)OC(CCc1ccccc1)C(=O)OCC)C(=O)OC(CCc1ccccc1)C(=O)OCC. The Labute approximate surface area is 217 Å². The summed E-state index contributed by atoms with van der Waals surface area (Å²) in [6, 6.07) is 18.9. The average Bonchev–Trinajstić information content (AvgIpc) is 2.90. The van der Waals surface area contributed by atoms with E-state index in [1.54, 1.807) is 13.8 Å². The van der Waals surface area contributed by atoms with Gasteiger partial charge in [-0.05, 0) is 50.7 Å². The third kappa shape index (κ3) is 10.7. The normalized spacial score (nSPS) is 12.1. The van der Waals surface area contributed by atoms with Crippen LogP contribution in [0.25, 0.3) is 0 Å². The standard InChI is InChI=1S/C29H34O8/c1-4-34-28(32)24(18-16-22-12-8-6-9-13-22)36-26(30)20-21(3)27(31)37-25(29(33)35-5-2)19-17-23-14-10-7-11-15-23/h6-15,24-25H,3-5,16-20H2,1-2H3. The molecule has 0 fully saturated rings. The van der Waals surface area contributed by atoms with Crippen molar-refractivity contribution >= 4 is 23.9 Å². The summed E-state index contributed by atoms with van der Waals surface area (Å²) in [5.41, 5.74) is 1.74. The maximum Gasteiger partial charge on any atom is 0.347 e. The van der Waals surface area contributed by atoms with Crippen molar-refractivity contribution in [1.82, 2.24) is 0 Å². The molecule has 0 radical (unpaired) electrons. The molecule has 0 bridgehead atoms. The van der Waals surface area contributed by atoms with Gasteiger partial charge in [0.1, 0.15) is 0 Å². The molecule has 0 aliphatic rings. The van der Waals surface area contributed by atoms with E-state index in [-0.39, 0.29) is 31.6 Å². The van der Waals surface area contributed by atoms with Gasteiger partial charge >= 0.3 is 23.9 Å². The third-order valence-corrected chi connectivity index (χ3v) is 5.34. The summed E-state index contributed by atoms with van der Waals surface area (Å²) >= 11 is 0. The van der Waals surface area contributed by atoms with Crippen LogP contribution in [0.15, 0.2) is 72.8 Å². The highest BCUT2D eigenvalue weighted by molar-refractivity contribution is 5.95. The number of ether oxygens (including phenoxy) is 4. The fraction of sp³-hybridized carbons (Fsp3) is 0.379. The maximum absolute atomic E-state index is 12.6. The molecule has 0 heterocycles. The fourth-order valence-corrected chi connectivity index (χ4v) is 3.46. The van der Waals surface area contributed by atoms with E-state index in [2.05, 4.69) is 6.58 Å². The number of carbonyl (C=O) groups is 4. The lowest BCUT2D eigenvalue weighted by Crippen LogP contribution is -2.32. The Morgan fingerprint density at radius 3 is 1.57 bits per heavy atom. The number of esters is 4. The van der Waals surface area contributed by atoms with E-state index >= 15 is 0 Å². The van der Waals surface area contributed by atoms with Crippen molar-refractivity contribution in [2.45, 2.75) is 58.2 Å². The highest BCUT2D eigenvalue weighted by Gasteiger charge is 2.28. The average molecular weight is 511 g/mol. The first-order valence-corrected chi connectivity index (χ1v) is 12.3. The lowest BCUT2D eigenvalue weighted by Gasteiger charge is -2.18. The van der Waals surface area contributed by atoms with Gasteiger partial charge in [0.05, 0.1) is 19.6 Å². The van der Waals surface area contributed by atoms with Gasteiger partial charge < -0.3 is 18.9 Å². The molecule has 0 saturated carbocycles. The lowest BCUT2D eigenvalue weighted by molar-refractivity contribution is -0.169. The topological polar surface area (TPSA) is 105 Å². The predicted octanol–water partition coefficient (Wildman–Crippen LogP) is 4.15. The van der Waals surface area contributed by atoms with Crippen molar-refractivity contribution in [1.29, 1.82) is 0 Å². The molecule has 0 spiro atoms. The van der Waals surface area contributed by atoms with E-state index in [1.807, 2.05) is 60.7 Å². The molecule has 2 rings (SSSR count). The Balaban J connectivity index is 1.95. The molecule has 198 valence electrons. The molecule has 2 atom stereocenters. The van der Waals surface area contributed by atoms with Crippen LogP contribution in [0.1, 0.15) is 44.2 Å². The first kappa shape index (κ1) is 29.3. The summed E-state index contributed by atoms with van der Waals surface area (Å²) < 4.78 is 20.7. The zero-order valence-electron chi connectivity index (χ0n) is 21.4. The van der Waals surface area contributed by atoms with E-state index in [0.29, 0.717) is 12.8 Å². The van der Waals surface area contributed by atoms with E-state index < -0.39 is 42.5 Å². The minimum atomic E-state index is -1.15. The maximum atomic E-state index is 12.6. The van der Waals surface area contributed by atoms with E-state index in [9.17, 15) is 19.2 Å². The minimum absolute atomic E-state index is 0.129. The minimum Gasteiger partial charge on any atom is -0.463 e. The summed E-state index contributed by atoms with van der Waals surface area (Å²) in [6.07, 6.45) is -1.40. The molecule has 0 amide bonds.